The van der Waals surface area contributed by atoms with Gasteiger partial charge in [-0.2, -0.15) is 11.3 Å². The molecule has 1 saturated heterocycles. The summed E-state index contributed by atoms with van der Waals surface area (Å²) in [6.45, 7) is 0.662. The van der Waals surface area contributed by atoms with Crippen molar-refractivity contribution in [2.75, 3.05) is 11.4 Å². The lowest BCUT2D eigenvalue weighted by atomic mass is 10.3. The van der Waals surface area contributed by atoms with Crippen LogP contribution in [0.15, 0.2) is 16.8 Å². The van der Waals surface area contributed by atoms with Gasteiger partial charge in [-0.05, 0) is 11.4 Å². The molecule has 1 aromatic heterocycles. The first-order valence-corrected chi connectivity index (χ1v) is 4.80. The first-order valence-electron chi connectivity index (χ1n) is 3.85. The van der Waals surface area contributed by atoms with Crippen LogP contribution in [0.3, 0.4) is 0 Å². The normalized spacial score (nSPS) is 23.6. The highest BCUT2D eigenvalue weighted by Crippen LogP contribution is 2.22. The Bertz CT molecular complexity index is 283. The average Bonchev–Trinajstić information content (AvgIpc) is 2.58. The van der Waals surface area contributed by atoms with Crippen molar-refractivity contribution in [2.24, 2.45) is 5.73 Å². The highest BCUT2D eigenvalue weighted by molar-refractivity contribution is 7.08. The summed E-state index contributed by atoms with van der Waals surface area (Å²) in [4.78, 5) is 13.1. The molecule has 1 amide bonds. The minimum Gasteiger partial charge on any atom is -0.326 e. The molecule has 2 N–H and O–H groups in total. The van der Waals surface area contributed by atoms with E-state index >= 15 is 0 Å². The van der Waals surface area contributed by atoms with Crippen LogP contribution in [-0.2, 0) is 4.79 Å². The molecule has 0 aromatic carbocycles. The van der Waals surface area contributed by atoms with E-state index in [1.54, 1.807) is 16.2 Å². The van der Waals surface area contributed by atoms with Crippen LogP contribution in [0.2, 0.25) is 0 Å². The predicted octanol–water partition coefficient (Wildman–Crippen LogP) is 0.812. The van der Waals surface area contributed by atoms with Gasteiger partial charge in [-0.3, -0.25) is 4.79 Å². The summed E-state index contributed by atoms with van der Waals surface area (Å²) in [7, 11) is 0. The summed E-state index contributed by atoms with van der Waals surface area (Å²) in [5.41, 5.74) is 6.65. The fourth-order valence-electron chi connectivity index (χ4n) is 1.40. The Balaban J connectivity index is 2.21. The van der Waals surface area contributed by atoms with Crippen LogP contribution in [0.5, 0.6) is 0 Å². The molecule has 1 aromatic rings. The second-order valence-electron chi connectivity index (χ2n) is 2.95. The van der Waals surface area contributed by atoms with E-state index < -0.39 is 0 Å². The number of hydrogen-bond donors (Lipinski definition) is 1. The van der Waals surface area contributed by atoms with E-state index in [9.17, 15) is 4.79 Å². The molecule has 12 heavy (non-hydrogen) atoms. The zero-order valence-electron chi connectivity index (χ0n) is 6.56. The van der Waals surface area contributed by atoms with E-state index in [1.807, 2.05) is 16.8 Å². The number of nitrogens with zero attached hydrogens (tertiary/aromatic N) is 1. The zero-order chi connectivity index (χ0) is 8.55. The van der Waals surface area contributed by atoms with E-state index in [4.69, 9.17) is 5.73 Å². The minimum absolute atomic E-state index is 0.0115. The summed E-state index contributed by atoms with van der Waals surface area (Å²) in [6.07, 6.45) is 0.482. The Labute approximate surface area is 74.8 Å². The van der Waals surface area contributed by atoms with Gasteiger partial charge < -0.3 is 10.6 Å². The topological polar surface area (TPSA) is 46.3 Å². The second-order valence-corrected chi connectivity index (χ2v) is 3.73. The number of hydrogen-bond acceptors (Lipinski definition) is 3. The SMILES string of the molecule is NC1CC(=O)N(c2ccsc2)C1. The smallest absolute Gasteiger partial charge is 0.228 e. The summed E-state index contributed by atoms with van der Waals surface area (Å²) in [6, 6.07) is 1.96. The molecule has 4 heteroatoms. The van der Waals surface area contributed by atoms with Gasteiger partial charge in [-0.25, -0.2) is 0 Å². The molecule has 1 aliphatic rings. The van der Waals surface area contributed by atoms with Crippen molar-refractivity contribution in [3.05, 3.63) is 16.8 Å². The van der Waals surface area contributed by atoms with Gasteiger partial charge in [0.2, 0.25) is 5.91 Å². The molecule has 1 atom stereocenters. The van der Waals surface area contributed by atoms with Gasteiger partial charge in [0.15, 0.2) is 0 Å². The lowest BCUT2D eigenvalue weighted by Crippen LogP contribution is -2.27. The van der Waals surface area contributed by atoms with Gasteiger partial charge in [0.1, 0.15) is 0 Å². The zero-order valence-corrected chi connectivity index (χ0v) is 7.38. The summed E-state index contributed by atoms with van der Waals surface area (Å²) >= 11 is 1.59. The first kappa shape index (κ1) is 7.76. The minimum atomic E-state index is 0.0115. The average molecular weight is 182 g/mol. The molecule has 1 unspecified atom stereocenters. The van der Waals surface area contributed by atoms with Crippen LogP contribution in [0.1, 0.15) is 6.42 Å². The number of carbonyl (C=O) groups excluding carboxylic acids is 1. The molecule has 1 fully saturated rings. The first-order chi connectivity index (χ1) is 5.77. The molecule has 3 nitrogen and oxygen atoms in total. The highest BCUT2D eigenvalue weighted by Gasteiger charge is 2.27. The van der Waals surface area contributed by atoms with Crippen molar-refractivity contribution in [1.29, 1.82) is 0 Å². The molecule has 0 saturated carbocycles. The van der Waals surface area contributed by atoms with Crippen molar-refractivity contribution in [3.8, 4) is 0 Å². The van der Waals surface area contributed by atoms with Gasteiger partial charge in [-0.1, -0.05) is 0 Å². The third-order valence-electron chi connectivity index (χ3n) is 1.97. The van der Waals surface area contributed by atoms with Crippen molar-refractivity contribution in [2.45, 2.75) is 12.5 Å². The summed E-state index contributed by atoms with van der Waals surface area (Å²) < 4.78 is 0. The van der Waals surface area contributed by atoms with Crippen LogP contribution in [-0.4, -0.2) is 18.5 Å². The van der Waals surface area contributed by atoms with Crippen molar-refractivity contribution < 1.29 is 4.79 Å². The molecule has 0 radical (unpaired) electrons. The number of nitrogens with two attached hydrogens (primary N) is 1. The fraction of sp³-hybridized carbons (Fsp3) is 0.375. The monoisotopic (exact) mass is 182 g/mol. The lowest BCUT2D eigenvalue weighted by Gasteiger charge is -2.12. The van der Waals surface area contributed by atoms with Crippen molar-refractivity contribution in [3.63, 3.8) is 0 Å². The standard InChI is InChI=1S/C8H10N2OS/c9-6-3-8(11)10(4-6)7-1-2-12-5-7/h1-2,5-6H,3-4,9H2. The Morgan fingerprint density at radius 3 is 3.00 bits per heavy atom. The second kappa shape index (κ2) is 2.88. The van der Waals surface area contributed by atoms with Gasteiger partial charge >= 0.3 is 0 Å². The molecular formula is C8H10N2OS. The molecule has 0 spiro atoms. The summed E-state index contributed by atoms with van der Waals surface area (Å²) in [5, 5.41) is 3.93. The van der Waals surface area contributed by atoms with Crippen LogP contribution < -0.4 is 10.6 Å². The van der Waals surface area contributed by atoms with Gasteiger partial charge in [0, 0.05) is 24.4 Å². The van der Waals surface area contributed by atoms with Crippen molar-refractivity contribution in [1.82, 2.24) is 0 Å². The van der Waals surface area contributed by atoms with Crippen LogP contribution in [0.25, 0.3) is 0 Å². The Kier molecular flexibility index (Phi) is 1.86. The van der Waals surface area contributed by atoms with Gasteiger partial charge in [0.05, 0.1) is 5.69 Å². The fourth-order valence-corrected chi connectivity index (χ4v) is 2.04. The number of thiophene rings is 1. The number of amides is 1. The van der Waals surface area contributed by atoms with E-state index in [0.717, 1.165) is 5.69 Å². The Morgan fingerprint density at radius 2 is 2.50 bits per heavy atom. The Hall–Kier alpha value is -0.870. The van der Waals surface area contributed by atoms with Crippen LogP contribution in [0, 0.1) is 0 Å². The number of anilines is 1. The van der Waals surface area contributed by atoms with E-state index in [-0.39, 0.29) is 11.9 Å². The lowest BCUT2D eigenvalue weighted by molar-refractivity contribution is -0.117. The maximum atomic E-state index is 11.3. The number of rotatable bonds is 1. The molecular weight excluding hydrogens is 172 g/mol. The van der Waals surface area contributed by atoms with Crippen LogP contribution >= 0.6 is 11.3 Å². The van der Waals surface area contributed by atoms with Gasteiger partial charge in [0.25, 0.3) is 0 Å². The molecule has 0 aliphatic carbocycles. The maximum absolute atomic E-state index is 11.3. The third kappa shape index (κ3) is 1.23. The molecule has 0 bridgehead atoms. The summed E-state index contributed by atoms with van der Waals surface area (Å²) in [5.74, 6) is 0.140. The van der Waals surface area contributed by atoms with Crippen molar-refractivity contribution >= 4 is 22.9 Å². The van der Waals surface area contributed by atoms with E-state index in [1.165, 1.54) is 0 Å². The molecule has 2 heterocycles. The maximum Gasteiger partial charge on any atom is 0.228 e. The van der Waals surface area contributed by atoms with E-state index in [2.05, 4.69) is 0 Å². The van der Waals surface area contributed by atoms with Gasteiger partial charge in [-0.15, -0.1) is 0 Å². The Morgan fingerprint density at radius 1 is 1.67 bits per heavy atom. The number of carbonyl (C=O) groups is 1. The molecule has 1 aliphatic heterocycles. The molecule has 64 valence electrons. The largest absolute Gasteiger partial charge is 0.326 e. The quantitative estimate of drug-likeness (QED) is 0.698. The molecule has 2 rings (SSSR count). The predicted molar refractivity (Wildman–Crippen MR) is 49.3 cm³/mol. The third-order valence-corrected chi connectivity index (χ3v) is 2.64. The highest BCUT2D eigenvalue weighted by atomic mass is 32.1. The van der Waals surface area contributed by atoms with Crippen LogP contribution in [0.4, 0.5) is 5.69 Å². The van der Waals surface area contributed by atoms with E-state index in [0.29, 0.717) is 13.0 Å².